The summed E-state index contributed by atoms with van der Waals surface area (Å²) < 4.78 is 48.2. The molecule has 3 aromatic carbocycles. The van der Waals surface area contributed by atoms with Crippen molar-refractivity contribution in [2.75, 3.05) is 24.5 Å². The normalized spacial score (nSPS) is 17.6. The number of benzene rings is 3. The molecule has 0 bridgehead atoms. The number of carbonyl (C=O) groups is 2. The lowest BCUT2D eigenvalue weighted by atomic mass is 10.0. The zero-order chi connectivity index (χ0) is 30.8. The van der Waals surface area contributed by atoms with E-state index in [1.807, 2.05) is 30.3 Å². The number of nitrogens with one attached hydrogen (secondary N) is 1. The highest BCUT2D eigenvalue weighted by atomic mass is 19.4. The zero-order valence-corrected chi connectivity index (χ0v) is 23.4. The van der Waals surface area contributed by atoms with Crippen LogP contribution >= 0.6 is 0 Å². The van der Waals surface area contributed by atoms with E-state index >= 15 is 0 Å². The number of anilines is 1. The molecule has 0 spiro atoms. The van der Waals surface area contributed by atoms with Crippen molar-refractivity contribution in [2.24, 2.45) is 4.99 Å². The number of H-pyrrole nitrogens is 1. The Morgan fingerprint density at radius 3 is 2.16 bits per heavy atom. The van der Waals surface area contributed by atoms with Gasteiger partial charge in [0.05, 0.1) is 17.1 Å². The quantitative estimate of drug-likeness (QED) is 0.331. The van der Waals surface area contributed by atoms with Crippen molar-refractivity contribution in [3.05, 3.63) is 113 Å². The van der Waals surface area contributed by atoms with Crippen molar-refractivity contribution in [1.29, 1.82) is 0 Å². The van der Waals surface area contributed by atoms with Crippen LogP contribution in [0.3, 0.4) is 0 Å². The number of alkyl halides is 3. The van der Waals surface area contributed by atoms with E-state index in [1.54, 1.807) is 53.2 Å². The highest BCUT2D eigenvalue weighted by Crippen LogP contribution is 2.32. The lowest BCUT2D eigenvalue weighted by Gasteiger charge is -2.32. The van der Waals surface area contributed by atoms with Crippen LogP contribution < -0.4 is 10.6 Å². The number of ether oxygens (including phenoxy) is 1. The number of carbonyl (C=O) groups excluding carboxylic acids is 2. The molecule has 4 aromatic rings. The first-order valence-corrected chi connectivity index (χ1v) is 14.1. The summed E-state index contributed by atoms with van der Waals surface area (Å²) in [4.78, 5) is 48.8. The van der Waals surface area contributed by atoms with Crippen LogP contribution in [0.2, 0.25) is 0 Å². The minimum atomic E-state index is -4.72. The van der Waals surface area contributed by atoms with Gasteiger partial charge >= 0.3 is 18.0 Å². The van der Waals surface area contributed by atoms with Crippen LogP contribution in [0.15, 0.2) is 101 Å². The number of hydrogen-bond acceptors (Lipinski definition) is 5. The molecule has 0 unspecified atom stereocenters. The highest BCUT2D eigenvalue weighted by Gasteiger charge is 2.41. The second-order valence-electron chi connectivity index (χ2n) is 10.6. The van der Waals surface area contributed by atoms with E-state index < -0.39 is 30.9 Å². The summed E-state index contributed by atoms with van der Waals surface area (Å²) in [6.45, 7) is -1.15. The number of likely N-dealkylation sites (tertiary alicyclic amines) is 1. The Labute approximate surface area is 250 Å². The number of imidazole rings is 1. The monoisotopic (exact) mass is 603 g/mol. The van der Waals surface area contributed by atoms with Gasteiger partial charge in [-0.05, 0) is 24.5 Å². The fourth-order valence-electron chi connectivity index (χ4n) is 5.59. The minimum absolute atomic E-state index is 0.0172. The van der Waals surface area contributed by atoms with E-state index in [0.717, 1.165) is 5.56 Å². The van der Waals surface area contributed by atoms with Gasteiger partial charge in [-0.1, -0.05) is 78.9 Å². The standard InChI is InChI=1S/C32H28F3N5O4/c33-32(34,35)20-40-26-14-8-7-13-24(26)27(22-11-5-2-6-12-22)37-28(29(40)41)44-31(43)38-17-15-23(16-18-38)39-19-25(36-30(39)42)21-9-3-1-4-10-21/h1-14,19,23,28H,15-18,20H2,(H,36,42)/t28-/m0/s1. The number of para-hydroxylation sites is 1. The number of aromatic amines is 1. The molecule has 6 rings (SSSR count). The van der Waals surface area contributed by atoms with Gasteiger partial charge in [-0.3, -0.25) is 14.3 Å². The first-order chi connectivity index (χ1) is 21.2. The molecule has 9 nitrogen and oxygen atoms in total. The van der Waals surface area contributed by atoms with Crippen molar-refractivity contribution in [3.63, 3.8) is 0 Å². The van der Waals surface area contributed by atoms with E-state index in [-0.39, 0.29) is 36.2 Å². The molecule has 1 saturated heterocycles. The van der Waals surface area contributed by atoms with Crippen molar-refractivity contribution in [3.8, 4) is 11.3 Å². The zero-order valence-electron chi connectivity index (χ0n) is 23.4. The number of rotatable bonds is 5. The van der Waals surface area contributed by atoms with Crippen LogP contribution in [-0.4, -0.2) is 64.2 Å². The molecule has 0 saturated carbocycles. The van der Waals surface area contributed by atoms with E-state index in [4.69, 9.17) is 4.74 Å². The number of amides is 2. The summed E-state index contributed by atoms with van der Waals surface area (Å²) in [5.41, 5.74) is 2.40. The summed E-state index contributed by atoms with van der Waals surface area (Å²) in [6, 6.07) is 24.1. The van der Waals surface area contributed by atoms with Gasteiger partial charge in [0, 0.05) is 36.5 Å². The van der Waals surface area contributed by atoms with Gasteiger partial charge in [-0.15, -0.1) is 0 Å². The molecule has 2 aliphatic rings. The van der Waals surface area contributed by atoms with Gasteiger partial charge < -0.3 is 14.6 Å². The molecule has 1 atom stereocenters. The number of aliphatic imine (C=N–C) groups is 1. The van der Waals surface area contributed by atoms with Gasteiger partial charge in [-0.25, -0.2) is 14.6 Å². The van der Waals surface area contributed by atoms with E-state index in [2.05, 4.69) is 9.98 Å². The largest absolute Gasteiger partial charge is 0.414 e. The van der Waals surface area contributed by atoms with E-state index in [0.29, 0.717) is 34.6 Å². The third-order valence-electron chi connectivity index (χ3n) is 7.72. The van der Waals surface area contributed by atoms with Gasteiger partial charge in [0.15, 0.2) is 0 Å². The molecule has 44 heavy (non-hydrogen) atoms. The van der Waals surface area contributed by atoms with Crippen molar-refractivity contribution in [1.82, 2.24) is 14.5 Å². The van der Waals surface area contributed by atoms with Crippen LogP contribution in [0.1, 0.15) is 30.0 Å². The Balaban J connectivity index is 1.22. The van der Waals surface area contributed by atoms with Crippen LogP contribution in [0, 0.1) is 0 Å². The SMILES string of the molecule is O=C(O[C@@H]1N=C(c2ccccc2)c2ccccc2N(CC(F)(F)F)C1=O)N1CCC(n2cc(-c3ccccc3)[nH]c2=O)CC1. The maximum Gasteiger partial charge on any atom is 0.412 e. The maximum absolute atomic E-state index is 13.7. The van der Waals surface area contributed by atoms with Gasteiger partial charge in [0.2, 0.25) is 0 Å². The molecule has 1 aromatic heterocycles. The molecule has 2 aliphatic heterocycles. The lowest BCUT2D eigenvalue weighted by molar-refractivity contribution is -0.137. The van der Waals surface area contributed by atoms with E-state index in [9.17, 15) is 27.6 Å². The van der Waals surface area contributed by atoms with Gasteiger partial charge in [0.1, 0.15) is 6.54 Å². The molecule has 0 radical (unpaired) electrons. The molecule has 0 aliphatic carbocycles. The fourth-order valence-corrected chi connectivity index (χ4v) is 5.59. The smallest absolute Gasteiger partial charge is 0.412 e. The number of piperidine rings is 1. The average Bonchev–Trinajstić information content (AvgIpc) is 3.39. The molecule has 1 fully saturated rings. The number of aromatic nitrogens is 2. The van der Waals surface area contributed by atoms with Gasteiger partial charge in [-0.2, -0.15) is 13.2 Å². The van der Waals surface area contributed by atoms with Crippen molar-refractivity contribution in [2.45, 2.75) is 31.3 Å². The fraction of sp³-hybridized carbons (Fsp3) is 0.250. The molecular weight excluding hydrogens is 575 g/mol. The van der Waals surface area contributed by atoms with Gasteiger partial charge in [0.25, 0.3) is 12.1 Å². The van der Waals surface area contributed by atoms with Crippen LogP contribution in [0.25, 0.3) is 11.3 Å². The Morgan fingerprint density at radius 2 is 1.50 bits per heavy atom. The predicted octanol–water partition coefficient (Wildman–Crippen LogP) is 5.39. The predicted molar refractivity (Wildman–Crippen MR) is 158 cm³/mol. The molecular formula is C32H28F3N5O4. The summed E-state index contributed by atoms with van der Waals surface area (Å²) in [5, 5.41) is 0. The van der Waals surface area contributed by atoms with Crippen molar-refractivity contribution < 1.29 is 27.5 Å². The first-order valence-electron chi connectivity index (χ1n) is 14.1. The Bertz CT molecular complexity index is 1740. The second-order valence-corrected chi connectivity index (χ2v) is 10.6. The minimum Gasteiger partial charge on any atom is -0.414 e. The summed E-state index contributed by atoms with van der Waals surface area (Å²) >= 11 is 0. The third-order valence-corrected chi connectivity index (χ3v) is 7.72. The third kappa shape index (κ3) is 6.01. The average molecular weight is 604 g/mol. The van der Waals surface area contributed by atoms with Crippen molar-refractivity contribution >= 4 is 23.4 Å². The maximum atomic E-state index is 13.7. The molecule has 12 heteroatoms. The van der Waals surface area contributed by atoms with Crippen LogP contribution in [-0.2, 0) is 9.53 Å². The molecule has 2 amide bonds. The Kier molecular flexibility index (Phi) is 7.81. The first kappa shape index (κ1) is 29.0. The number of fused-ring (bicyclic) bond motifs is 1. The highest BCUT2D eigenvalue weighted by molar-refractivity contribution is 6.20. The van der Waals surface area contributed by atoms with Crippen LogP contribution in [0.4, 0.5) is 23.7 Å². The second kappa shape index (κ2) is 11.9. The molecule has 1 N–H and O–H groups in total. The summed E-state index contributed by atoms with van der Waals surface area (Å²) in [7, 11) is 0. The number of nitrogens with zero attached hydrogens (tertiary/aromatic N) is 4. The topological polar surface area (TPSA) is 100 Å². The number of halogens is 3. The number of benzodiazepines with no additional fused rings is 1. The Morgan fingerprint density at radius 1 is 0.886 bits per heavy atom. The van der Waals surface area contributed by atoms with E-state index in [1.165, 1.54) is 17.0 Å². The molecule has 226 valence electrons. The lowest BCUT2D eigenvalue weighted by Crippen LogP contribution is -2.47. The Hall–Kier alpha value is -5.13. The van der Waals surface area contributed by atoms with Crippen LogP contribution in [0.5, 0.6) is 0 Å². The number of hydrogen-bond donors (Lipinski definition) is 1. The summed E-state index contributed by atoms with van der Waals surface area (Å²) in [5.74, 6) is -1.10. The molecule has 3 heterocycles. The summed E-state index contributed by atoms with van der Waals surface area (Å²) in [6.07, 6.45) is -4.80.